The van der Waals surface area contributed by atoms with Gasteiger partial charge in [-0.25, -0.2) is 0 Å². The van der Waals surface area contributed by atoms with E-state index in [-0.39, 0.29) is 5.91 Å². The van der Waals surface area contributed by atoms with Crippen molar-refractivity contribution < 1.29 is 4.79 Å². The summed E-state index contributed by atoms with van der Waals surface area (Å²) in [5.74, 6) is 0.200. The number of nitrogens with one attached hydrogen (secondary N) is 1. The molecular weight excluding hydrogens is 248 g/mol. The molecule has 1 atom stereocenters. The maximum absolute atomic E-state index is 12.7. The molecule has 0 saturated carbocycles. The first-order valence-electron chi connectivity index (χ1n) is 7.91. The SMILES string of the molecule is CCCC1CCCCN1C(=O)c1ccc(NCC)cc1. The second-order valence-corrected chi connectivity index (χ2v) is 5.54. The fraction of sp³-hybridized carbons (Fsp3) is 0.588. The third-order valence-electron chi connectivity index (χ3n) is 4.02. The molecule has 1 N–H and O–H groups in total. The largest absolute Gasteiger partial charge is 0.385 e. The number of anilines is 1. The Morgan fingerprint density at radius 2 is 2.00 bits per heavy atom. The van der Waals surface area contributed by atoms with Crippen LogP contribution in [0.25, 0.3) is 0 Å². The van der Waals surface area contributed by atoms with E-state index in [9.17, 15) is 4.79 Å². The standard InChI is InChI=1S/C17H26N2O/c1-3-7-16-8-5-6-13-19(16)17(20)14-9-11-15(12-10-14)18-4-2/h9-12,16,18H,3-8,13H2,1-2H3. The van der Waals surface area contributed by atoms with Crippen LogP contribution >= 0.6 is 0 Å². The van der Waals surface area contributed by atoms with E-state index in [2.05, 4.69) is 24.1 Å². The van der Waals surface area contributed by atoms with Gasteiger partial charge in [0.2, 0.25) is 0 Å². The monoisotopic (exact) mass is 274 g/mol. The second-order valence-electron chi connectivity index (χ2n) is 5.54. The topological polar surface area (TPSA) is 32.3 Å². The van der Waals surface area contributed by atoms with E-state index in [0.717, 1.165) is 50.0 Å². The number of hydrogen-bond donors (Lipinski definition) is 1. The molecule has 1 aromatic carbocycles. The van der Waals surface area contributed by atoms with Crippen LogP contribution in [0.3, 0.4) is 0 Å². The Labute approximate surface area is 122 Å². The van der Waals surface area contributed by atoms with Crippen LogP contribution in [0.1, 0.15) is 56.3 Å². The van der Waals surface area contributed by atoms with E-state index < -0.39 is 0 Å². The zero-order chi connectivity index (χ0) is 14.4. The molecule has 1 aromatic rings. The van der Waals surface area contributed by atoms with Crippen molar-refractivity contribution in [1.29, 1.82) is 0 Å². The van der Waals surface area contributed by atoms with Crippen LogP contribution in [0, 0.1) is 0 Å². The van der Waals surface area contributed by atoms with Crippen molar-refractivity contribution in [2.45, 2.75) is 52.0 Å². The summed E-state index contributed by atoms with van der Waals surface area (Å²) >= 11 is 0. The molecule has 0 spiro atoms. The molecule has 110 valence electrons. The van der Waals surface area contributed by atoms with Gasteiger partial charge < -0.3 is 10.2 Å². The molecule has 0 bridgehead atoms. The Bertz CT molecular complexity index is 425. The molecule has 0 radical (unpaired) electrons. The van der Waals surface area contributed by atoms with E-state index in [4.69, 9.17) is 0 Å². The van der Waals surface area contributed by atoms with E-state index in [0.29, 0.717) is 6.04 Å². The van der Waals surface area contributed by atoms with Crippen LogP contribution in [0.15, 0.2) is 24.3 Å². The molecule has 0 aliphatic carbocycles. The fourth-order valence-corrected chi connectivity index (χ4v) is 3.00. The third-order valence-corrected chi connectivity index (χ3v) is 4.02. The fourth-order valence-electron chi connectivity index (χ4n) is 3.00. The first kappa shape index (κ1) is 14.9. The lowest BCUT2D eigenvalue weighted by Gasteiger charge is -2.36. The van der Waals surface area contributed by atoms with Crippen LogP contribution < -0.4 is 5.32 Å². The van der Waals surface area contributed by atoms with Crippen LogP contribution in [-0.4, -0.2) is 29.9 Å². The minimum atomic E-state index is 0.200. The molecule has 1 aliphatic rings. The lowest BCUT2D eigenvalue weighted by Crippen LogP contribution is -2.43. The highest BCUT2D eigenvalue weighted by atomic mass is 16.2. The summed E-state index contributed by atoms with van der Waals surface area (Å²) in [5, 5.41) is 3.26. The zero-order valence-corrected chi connectivity index (χ0v) is 12.7. The molecular formula is C17H26N2O. The summed E-state index contributed by atoms with van der Waals surface area (Å²) in [6.07, 6.45) is 5.83. The first-order valence-corrected chi connectivity index (χ1v) is 7.91. The summed E-state index contributed by atoms with van der Waals surface area (Å²) in [6, 6.07) is 8.32. The number of likely N-dealkylation sites (tertiary alicyclic amines) is 1. The number of hydrogen-bond acceptors (Lipinski definition) is 2. The van der Waals surface area contributed by atoms with E-state index in [1.54, 1.807) is 0 Å². The van der Waals surface area contributed by atoms with E-state index in [1.165, 1.54) is 6.42 Å². The Morgan fingerprint density at radius 3 is 2.65 bits per heavy atom. The van der Waals surface area contributed by atoms with E-state index in [1.807, 2.05) is 24.3 Å². The van der Waals surface area contributed by atoms with Gasteiger partial charge in [-0.3, -0.25) is 4.79 Å². The van der Waals surface area contributed by atoms with Crippen molar-refractivity contribution in [1.82, 2.24) is 4.90 Å². The van der Waals surface area contributed by atoms with Crippen LogP contribution in [0.5, 0.6) is 0 Å². The summed E-state index contributed by atoms with van der Waals surface area (Å²) in [6.45, 7) is 6.08. The van der Waals surface area contributed by atoms with Gasteiger partial charge in [0, 0.05) is 30.4 Å². The molecule has 1 saturated heterocycles. The smallest absolute Gasteiger partial charge is 0.254 e. The Balaban J connectivity index is 2.08. The Morgan fingerprint density at radius 1 is 1.25 bits per heavy atom. The lowest BCUT2D eigenvalue weighted by molar-refractivity contribution is 0.0600. The minimum Gasteiger partial charge on any atom is -0.385 e. The second kappa shape index (κ2) is 7.32. The average Bonchev–Trinajstić information content (AvgIpc) is 2.49. The zero-order valence-electron chi connectivity index (χ0n) is 12.7. The highest BCUT2D eigenvalue weighted by Gasteiger charge is 2.26. The molecule has 1 aliphatic heterocycles. The highest BCUT2D eigenvalue weighted by Crippen LogP contribution is 2.23. The predicted molar refractivity (Wildman–Crippen MR) is 84.2 cm³/mol. The van der Waals surface area contributed by atoms with Crippen molar-refractivity contribution in [3.63, 3.8) is 0 Å². The molecule has 1 fully saturated rings. The number of benzene rings is 1. The number of carbonyl (C=O) groups excluding carboxylic acids is 1. The third kappa shape index (κ3) is 3.53. The molecule has 3 heteroatoms. The maximum Gasteiger partial charge on any atom is 0.254 e. The summed E-state index contributed by atoms with van der Waals surface area (Å²) in [4.78, 5) is 14.8. The summed E-state index contributed by atoms with van der Waals surface area (Å²) < 4.78 is 0. The van der Waals surface area contributed by atoms with Gasteiger partial charge in [-0.15, -0.1) is 0 Å². The first-order chi connectivity index (χ1) is 9.76. The predicted octanol–water partition coefficient (Wildman–Crippen LogP) is 3.91. The quantitative estimate of drug-likeness (QED) is 0.882. The van der Waals surface area contributed by atoms with Crippen molar-refractivity contribution in [3.05, 3.63) is 29.8 Å². The van der Waals surface area contributed by atoms with Gasteiger partial charge in [0.25, 0.3) is 5.91 Å². The van der Waals surface area contributed by atoms with Gasteiger partial charge >= 0.3 is 0 Å². The van der Waals surface area contributed by atoms with Crippen molar-refractivity contribution >= 4 is 11.6 Å². The van der Waals surface area contributed by atoms with Gasteiger partial charge in [0.1, 0.15) is 0 Å². The van der Waals surface area contributed by atoms with E-state index >= 15 is 0 Å². The minimum absolute atomic E-state index is 0.200. The number of piperidine rings is 1. The number of rotatable bonds is 5. The van der Waals surface area contributed by atoms with Gasteiger partial charge in [0.05, 0.1) is 0 Å². The number of nitrogens with zero attached hydrogens (tertiary/aromatic N) is 1. The van der Waals surface area contributed by atoms with Crippen molar-refractivity contribution in [2.24, 2.45) is 0 Å². The molecule has 3 nitrogen and oxygen atoms in total. The van der Waals surface area contributed by atoms with Crippen molar-refractivity contribution in [3.8, 4) is 0 Å². The Hall–Kier alpha value is -1.51. The number of amides is 1. The summed E-state index contributed by atoms with van der Waals surface area (Å²) in [5.41, 5.74) is 1.89. The Kier molecular flexibility index (Phi) is 5.45. The normalized spacial score (nSPS) is 18.9. The van der Waals surface area contributed by atoms with Gasteiger partial charge in [-0.2, -0.15) is 0 Å². The number of carbonyl (C=O) groups is 1. The highest BCUT2D eigenvalue weighted by molar-refractivity contribution is 5.94. The lowest BCUT2D eigenvalue weighted by atomic mass is 9.97. The maximum atomic E-state index is 12.7. The molecule has 0 aromatic heterocycles. The van der Waals surface area contributed by atoms with Crippen LogP contribution in [0.4, 0.5) is 5.69 Å². The molecule has 20 heavy (non-hydrogen) atoms. The molecule has 1 amide bonds. The van der Waals surface area contributed by atoms with Crippen LogP contribution in [-0.2, 0) is 0 Å². The van der Waals surface area contributed by atoms with Crippen LogP contribution in [0.2, 0.25) is 0 Å². The summed E-state index contributed by atoms with van der Waals surface area (Å²) in [7, 11) is 0. The average molecular weight is 274 g/mol. The van der Waals surface area contributed by atoms with Crippen molar-refractivity contribution in [2.75, 3.05) is 18.4 Å². The molecule has 2 rings (SSSR count). The van der Waals surface area contributed by atoms with Gasteiger partial charge in [-0.1, -0.05) is 13.3 Å². The molecule has 1 unspecified atom stereocenters. The van der Waals surface area contributed by atoms with Gasteiger partial charge in [-0.05, 0) is 56.9 Å². The van der Waals surface area contributed by atoms with Gasteiger partial charge in [0.15, 0.2) is 0 Å². The molecule has 1 heterocycles.